The molecule has 0 spiro atoms. The van der Waals surface area contributed by atoms with Gasteiger partial charge in [-0.1, -0.05) is 13.3 Å². The second kappa shape index (κ2) is 9.87. The summed E-state index contributed by atoms with van der Waals surface area (Å²) in [7, 11) is 1.91. The van der Waals surface area contributed by atoms with E-state index < -0.39 is 42.0 Å². The molecule has 8 nitrogen and oxygen atoms in total. The zero-order valence-electron chi connectivity index (χ0n) is 16.5. The van der Waals surface area contributed by atoms with E-state index in [0.717, 1.165) is 25.8 Å². The van der Waals surface area contributed by atoms with Crippen LogP contribution in [0.15, 0.2) is 0 Å². The first kappa shape index (κ1) is 22.9. The fourth-order valence-electron chi connectivity index (χ4n) is 4.13. The number of carbonyl (C=O) groups is 1. The first-order chi connectivity index (χ1) is 12.7. The van der Waals surface area contributed by atoms with E-state index in [0.29, 0.717) is 5.92 Å². The van der Waals surface area contributed by atoms with Crippen LogP contribution in [0.5, 0.6) is 0 Å². The largest absolute Gasteiger partial charge is 0.391 e. The van der Waals surface area contributed by atoms with Crippen LogP contribution >= 0.6 is 11.8 Å². The highest BCUT2D eigenvalue weighted by Crippen LogP contribution is 2.30. The lowest BCUT2D eigenvalue weighted by Gasteiger charge is -2.44. The number of hydrogen-bond donors (Lipinski definition) is 5. The summed E-state index contributed by atoms with van der Waals surface area (Å²) in [5.74, 6) is 0.245. The van der Waals surface area contributed by atoms with Gasteiger partial charge in [-0.05, 0) is 39.0 Å². The van der Waals surface area contributed by atoms with Crippen molar-refractivity contribution in [3.8, 4) is 0 Å². The highest BCUT2D eigenvalue weighted by atomic mass is 32.2. The number of carbonyl (C=O) groups excluding carboxylic acids is 1. The lowest BCUT2D eigenvalue weighted by atomic mass is 9.92. The van der Waals surface area contributed by atoms with Crippen LogP contribution in [-0.2, 0) is 9.53 Å². The van der Waals surface area contributed by atoms with Crippen LogP contribution in [0.4, 0.5) is 0 Å². The molecule has 2 saturated heterocycles. The van der Waals surface area contributed by atoms with Gasteiger partial charge in [-0.15, -0.1) is 11.8 Å². The maximum atomic E-state index is 12.8. The average Bonchev–Trinajstić information content (AvgIpc) is 2.99. The second-order valence-corrected chi connectivity index (χ2v) is 8.73. The number of likely N-dealkylation sites (tertiary alicyclic amines) is 1. The smallest absolute Gasteiger partial charge is 0.237 e. The SMILES string of the molecule is CCC[C@@H]1C[C@@H](C(=O)N[C@@H]([C@H]2OC(SC)C(O)C(O)[C@@H]2O)[C@@H](C)O)N(C)C1. The molecule has 0 aromatic heterocycles. The van der Waals surface area contributed by atoms with Crippen molar-refractivity contribution in [2.24, 2.45) is 5.92 Å². The Balaban J connectivity index is 2.09. The van der Waals surface area contributed by atoms with Gasteiger partial charge in [-0.3, -0.25) is 9.69 Å². The molecule has 9 atom stereocenters. The van der Waals surface area contributed by atoms with Crippen molar-refractivity contribution in [3.63, 3.8) is 0 Å². The van der Waals surface area contributed by atoms with Crippen LogP contribution in [0.3, 0.4) is 0 Å². The van der Waals surface area contributed by atoms with Crippen LogP contribution in [0.1, 0.15) is 33.1 Å². The summed E-state index contributed by atoms with van der Waals surface area (Å²) < 4.78 is 5.72. The van der Waals surface area contributed by atoms with Crippen molar-refractivity contribution in [1.82, 2.24) is 10.2 Å². The summed E-state index contributed by atoms with van der Waals surface area (Å²) >= 11 is 1.20. The molecular weight excluding hydrogens is 372 g/mol. The van der Waals surface area contributed by atoms with E-state index in [9.17, 15) is 25.2 Å². The Morgan fingerprint density at radius 2 is 1.96 bits per heavy atom. The Kier molecular flexibility index (Phi) is 8.35. The van der Waals surface area contributed by atoms with E-state index >= 15 is 0 Å². The Morgan fingerprint density at radius 1 is 1.30 bits per heavy atom. The van der Waals surface area contributed by atoms with Gasteiger partial charge in [0.2, 0.25) is 5.91 Å². The van der Waals surface area contributed by atoms with Gasteiger partial charge in [0.25, 0.3) is 0 Å². The van der Waals surface area contributed by atoms with Crippen molar-refractivity contribution in [2.45, 2.75) is 81.1 Å². The van der Waals surface area contributed by atoms with E-state index in [-0.39, 0.29) is 11.9 Å². The first-order valence-electron chi connectivity index (χ1n) is 9.62. The molecule has 2 fully saturated rings. The zero-order chi connectivity index (χ0) is 20.3. The molecule has 0 aromatic rings. The molecule has 0 aliphatic carbocycles. The number of nitrogens with zero attached hydrogens (tertiary/aromatic N) is 1. The molecule has 27 heavy (non-hydrogen) atoms. The second-order valence-electron chi connectivity index (χ2n) is 7.80. The number of aliphatic hydroxyl groups is 4. The maximum absolute atomic E-state index is 12.8. The Hall–Kier alpha value is -0.420. The fraction of sp³-hybridized carbons (Fsp3) is 0.944. The van der Waals surface area contributed by atoms with Crippen molar-refractivity contribution < 1.29 is 30.0 Å². The third-order valence-corrected chi connectivity index (χ3v) is 6.51. The Morgan fingerprint density at radius 3 is 2.52 bits per heavy atom. The number of rotatable bonds is 7. The van der Waals surface area contributed by atoms with Crippen LogP contribution in [0, 0.1) is 5.92 Å². The monoisotopic (exact) mass is 406 g/mol. The van der Waals surface area contributed by atoms with Crippen molar-refractivity contribution in [3.05, 3.63) is 0 Å². The highest BCUT2D eigenvalue weighted by molar-refractivity contribution is 7.99. The standard InChI is InChI=1S/C18H34N2O6S/c1-5-6-10-7-11(20(3)8-10)17(25)19-12(9(2)21)16-14(23)13(22)15(24)18(26-16)27-4/h9-16,18,21-24H,5-8H2,1-4H3,(H,19,25)/t9-,10-,11+,12-,13?,14+,15?,16-,18?/m1/s1. The molecule has 5 N–H and O–H groups in total. The Bertz CT molecular complexity index is 494. The lowest BCUT2D eigenvalue weighted by molar-refractivity contribution is -0.211. The number of amides is 1. The van der Waals surface area contributed by atoms with Crippen molar-refractivity contribution in [2.75, 3.05) is 19.8 Å². The first-order valence-corrected chi connectivity index (χ1v) is 10.9. The topological polar surface area (TPSA) is 122 Å². The van der Waals surface area contributed by atoms with E-state index in [4.69, 9.17) is 4.74 Å². The van der Waals surface area contributed by atoms with Crippen LogP contribution in [-0.4, -0.2) is 99.1 Å². The molecule has 1 amide bonds. The predicted octanol–water partition coefficient (Wildman–Crippen LogP) is -0.857. The number of thioether (sulfide) groups is 1. The van der Waals surface area contributed by atoms with Gasteiger partial charge in [-0.25, -0.2) is 0 Å². The molecule has 2 aliphatic rings. The number of aliphatic hydroxyl groups excluding tert-OH is 4. The van der Waals surface area contributed by atoms with E-state index in [2.05, 4.69) is 12.2 Å². The number of ether oxygens (including phenoxy) is 1. The van der Waals surface area contributed by atoms with Gasteiger partial charge >= 0.3 is 0 Å². The third-order valence-electron chi connectivity index (χ3n) is 5.66. The maximum Gasteiger partial charge on any atom is 0.237 e. The third kappa shape index (κ3) is 5.14. The summed E-state index contributed by atoms with van der Waals surface area (Å²) in [5, 5.41) is 43.5. The molecule has 0 radical (unpaired) electrons. The summed E-state index contributed by atoms with van der Waals surface area (Å²) in [5.41, 5.74) is -0.755. The summed E-state index contributed by atoms with van der Waals surface area (Å²) in [6.07, 6.45) is -1.50. The number of hydrogen-bond acceptors (Lipinski definition) is 8. The van der Waals surface area contributed by atoms with E-state index in [1.165, 1.54) is 18.7 Å². The minimum absolute atomic E-state index is 0.223. The number of nitrogens with one attached hydrogen (secondary N) is 1. The quantitative estimate of drug-likeness (QED) is 0.370. The van der Waals surface area contributed by atoms with Crippen LogP contribution in [0.25, 0.3) is 0 Å². The Labute approximate surface area is 165 Å². The van der Waals surface area contributed by atoms with Gasteiger partial charge in [-0.2, -0.15) is 0 Å². The number of likely N-dealkylation sites (N-methyl/N-ethyl adjacent to an activating group) is 1. The molecule has 0 aromatic carbocycles. The van der Waals surface area contributed by atoms with Gasteiger partial charge in [0.05, 0.1) is 18.2 Å². The minimum Gasteiger partial charge on any atom is -0.391 e. The molecule has 2 rings (SSSR count). The van der Waals surface area contributed by atoms with Gasteiger partial charge < -0.3 is 30.5 Å². The normalized spacial score (nSPS) is 39.9. The zero-order valence-corrected chi connectivity index (χ0v) is 17.3. The molecular formula is C18H34N2O6S. The fourth-order valence-corrected chi connectivity index (χ4v) is 4.81. The molecule has 0 bridgehead atoms. The van der Waals surface area contributed by atoms with Crippen LogP contribution in [0.2, 0.25) is 0 Å². The summed E-state index contributed by atoms with van der Waals surface area (Å²) in [6.45, 7) is 4.48. The molecule has 9 heteroatoms. The lowest BCUT2D eigenvalue weighted by Crippen LogP contribution is -2.65. The van der Waals surface area contributed by atoms with Gasteiger partial charge in [0, 0.05) is 6.54 Å². The van der Waals surface area contributed by atoms with E-state index in [1.54, 1.807) is 6.26 Å². The van der Waals surface area contributed by atoms with Crippen molar-refractivity contribution in [1.29, 1.82) is 0 Å². The highest BCUT2D eigenvalue weighted by Gasteiger charge is 2.48. The molecule has 2 heterocycles. The predicted molar refractivity (Wildman–Crippen MR) is 103 cm³/mol. The summed E-state index contributed by atoms with van der Waals surface area (Å²) in [6, 6.07) is -1.20. The molecule has 2 aliphatic heterocycles. The van der Waals surface area contributed by atoms with Crippen molar-refractivity contribution >= 4 is 17.7 Å². The van der Waals surface area contributed by atoms with Crippen LogP contribution < -0.4 is 5.32 Å². The molecule has 0 saturated carbocycles. The van der Waals surface area contributed by atoms with Gasteiger partial charge in [0.1, 0.15) is 29.9 Å². The molecule has 158 valence electrons. The van der Waals surface area contributed by atoms with E-state index in [1.807, 2.05) is 11.9 Å². The molecule has 3 unspecified atom stereocenters. The van der Waals surface area contributed by atoms with Gasteiger partial charge in [0.15, 0.2) is 0 Å². The minimum atomic E-state index is -1.42. The summed E-state index contributed by atoms with van der Waals surface area (Å²) in [4.78, 5) is 14.9. The average molecular weight is 407 g/mol.